The molecule has 0 amide bonds. The van der Waals surface area contributed by atoms with E-state index >= 15 is 0 Å². The molecule has 2 rings (SSSR count). The third-order valence-electron chi connectivity index (χ3n) is 1.95. The van der Waals surface area contributed by atoms with Crippen LogP contribution in [0.15, 0.2) is 63.2 Å². The minimum absolute atomic E-state index is 0.796. The lowest BCUT2D eigenvalue weighted by Crippen LogP contribution is -1.82. The van der Waals surface area contributed by atoms with Crippen molar-refractivity contribution < 1.29 is 0 Å². The van der Waals surface area contributed by atoms with E-state index in [1.54, 1.807) is 11.8 Å². The van der Waals surface area contributed by atoms with Crippen LogP contribution in [0.5, 0.6) is 0 Å². The molecule has 2 aromatic rings. The molecule has 0 bridgehead atoms. The molecular formula is C12H11NS2. The van der Waals surface area contributed by atoms with Crippen molar-refractivity contribution in [3.8, 4) is 0 Å². The van der Waals surface area contributed by atoms with Crippen LogP contribution in [-0.2, 0) is 0 Å². The molecule has 0 aromatic heterocycles. The number of benzene rings is 2. The predicted octanol–water partition coefficient (Wildman–Crippen LogP) is 3.71. The van der Waals surface area contributed by atoms with E-state index in [4.69, 9.17) is 5.73 Å². The van der Waals surface area contributed by atoms with E-state index < -0.39 is 0 Å². The molecule has 3 heteroatoms. The Morgan fingerprint density at radius 1 is 0.800 bits per heavy atom. The van der Waals surface area contributed by atoms with E-state index in [2.05, 4.69) is 24.8 Å². The molecule has 2 aromatic carbocycles. The van der Waals surface area contributed by atoms with Crippen molar-refractivity contribution in [3.05, 3.63) is 48.5 Å². The molecule has 0 unspecified atom stereocenters. The molecule has 0 fully saturated rings. The Bertz CT molecular complexity index is 391. The number of nitrogens with two attached hydrogens (primary N) is 1. The fourth-order valence-corrected chi connectivity index (χ4v) is 2.15. The van der Waals surface area contributed by atoms with Crippen LogP contribution in [0.2, 0.25) is 0 Å². The first-order valence-corrected chi connectivity index (χ1v) is 5.83. The molecule has 0 aliphatic carbocycles. The Labute approximate surface area is 99.1 Å². The molecule has 0 heterocycles. The highest BCUT2D eigenvalue weighted by atomic mass is 32.2. The molecule has 0 saturated heterocycles. The van der Waals surface area contributed by atoms with Crippen molar-refractivity contribution in [2.45, 2.75) is 14.7 Å². The standard InChI is InChI=1S/C12H11NS2/c13-9-1-5-11(6-2-9)15-12-7-3-10(14)4-8-12/h1-8,14H,13H2. The van der Waals surface area contributed by atoms with Crippen LogP contribution < -0.4 is 5.73 Å². The Hall–Kier alpha value is -1.06. The summed E-state index contributed by atoms with van der Waals surface area (Å²) in [7, 11) is 0. The lowest BCUT2D eigenvalue weighted by Gasteiger charge is -2.02. The number of nitrogen functional groups attached to an aromatic ring is 1. The minimum Gasteiger partial charge on any atom is -0.399 e. The zero-order chi connectivity index (χ0) is 10.7. The molecule has 2 N–H and O–H groups in total. The third-order valence-corrected chi connectivity index (χ3v) is 3.27. The summed E-state index contributed by atoms with van der Waals surface area (Å²) in [6.07, 6.45) is 0. The summed E-state index contributed by atoms with van der Waals surface area (Å²) >= 11 is 5.96. The van der Waals surface area contributed by atoms with Crippen molar-refractivity contribution in [2.75, 3.05) is 5.73 Å². The number of hydrogen-bond acceptors (Lipinski definition) is 3. The van der Waals surface area contributed by atoms with Crippen LogP contribution in [0.25, 0.3) is 0 Å². The van der Waals surface area contributed by atoms with Gasteiger partial charge in [0.25, 0.3) is 0 Å². The topological polar surface area (TPSA) is 26.0 Å². The average Bonchev–Trinajstić information content (AvgIpc) is 2.25. The van der Waals surface area contributed by atoms with Gasteiger partial charge in [0.05, 0.1) is 0 Å². The maximum absolute atomic E-state index is 5.62. The Morgan fingerprint density at radius 2 is 1.27 bits per heavy atom. The normalized spacial score (nSPS) is 10.2. The van der Waals surface area contributed by atoms with Crippen LogP contribution in [0.3, 0.4) is 0 Å². The maximum atomic E-state index is 5.62. The fourth-order valence-electron chi connectivity index (χ4n) is 1.19. The predicted molar refractivity (Wildman–Crippen MR) is 68.7 cm³/mol. The highest BCUT2D eigenvalue weighted by Gasteiger charge is 1.96. The summed E-state index contributed by atoms with van der Waals surface area (Å²) in [6.45, 7) is 0. The van der Waals surface area contributed by atoms with Gasteiger partial charge in [-0.05, 0) is 48.5 Å². The lowest BCUT2D eigenvalue weighted by molar-refractivity contribution is 1.35. The molecule has 0 spiro atoms. The Balaban J connectivity index is 2.15. The smallest absolute Gasteiger partial charge is 0.0314 e. The summed E-state index contributed by atoms with van der Waals surface area (Å²) in [5.74, 6) is 0. The summed E-state index contributed by atoms with van der Waals surface area (Å²) in [6, 6.07) is 16.0. The Morgan fingerprint density at radius 3 is 1.80 bits per heavy atom. The van der Waals surface area contributed by atoms with Crippen molar-refractivity contribution in [1.82, 2.24) is 0 Å². The van der Waals surface area contributed by atoms with Gasteiger partial charge in [0.2, 0.25) is 0 Å². The second-order valence-corrected chi connectivity index (χ2v) is 4.83. The van der Waals surface area contributed by atoms with Crippen LogP contribution in [0.4, 0.5) is 5.69 Å². The first kappa shape index (κ1) is 10.5. The summed E-state index contributed by atoms with van der Waals surface area (Å²) < 4.78 is 0. The van der Waals surface area contributed by atoms with Gasteiger partial charge in [0, 0.05) is 20.4 Å². The van der Waals surface area contributed by atoms with Gasteiger partial charge in [-0.15, -0.1) is 12.6 Å². The highest BCUT2D eigenvalue weighted by Crippen LogP contribution is 2.28. The summed E-state index contributed by atoms with van der Waals surface area (Å²) in [5, 5.41) is 0. The van der Waals surface area contributed by atoms with E-state index in [1.165, 1.54) is 9.79 Å². The van der Waals surface area contributed by atoms with E-state index in [-0.39, 0.29) is 0 Å². The molecule has 15 heavy (non-hydrogen) atoms. The van der Waals surface area contributed by atoms with Gasteiger partial charge in [-0.3, -0.25) is 0 Å². The molecule has 0 saturated carbocycles. The van der Waals surface area contributed by atoms with Crippen molar-refractivity contribution in [3.63, 3.8) is 0 Å². The molecule has 0 radical (unpaired) electrons. The van der Waals surface area contributed by atoms with Gasteiger partial charge in [-0.25, -0.2) is 0 Å². The zero-order valence-electron chi connectivity index (χ0n) is 8.05. The van der Waals surface area contributed by atoms with Crippen LogP contribution in [-0.4, -0.2) is 0 Å². The van der Waals surface area contributed by atoms with Gasteiger partial charge in [0.15, 0.2) is 0 Å². The average molecular weight is 233 g/mol. The largest absolute Gasteiger partial charge is 0.399 e. The summed E-state index contributed by atoms with van der Waals surface area (Å²) in [5.41, 5.74) is 6.42. The summed E-state index contributed by atoms with van der Waals surface area (Å²) in [4.78, 5) is 3.38. The van der Waals surface area contributed by atoms with E-state index in [0.717, 1.165) is 10.6 Å². The first-order valence-electron chi connectivity index (χ1n) is 4.56. The number of anilines is 1. The van der Waals surface area contributed by atoms with Gasteiger partial charge in [-0.2, -0.15) is 0 Å². The van der Waals surface area contributed by atoms with Crippen LogP contribution in [0, 0.1) is 0 Å². The van der Waals surface area contributed by atoms with Crippen LogP contribution in [0.1, 0.15) is 0 Å². The molecule has 0 aliphatic rings. The molecule has 0 atom stereocenters. The Kier molecular flexibility index (Phi) is 3.23. The van der Waals surface area contributed by atoms with Crippen LogP contribution >= 0.6 is 24.4 Å². The van der Waals surface area contributed by atoms with Gasteiger partial charge < -0.3 is 5.73 Å². The highest BCUT2D eigenvalue weighted by molar-refractivity contribution is 7.99. The van der Waals surface area contributed by atoms with E-state index in [1.807, 2.05) is 36.4 Å². The SMILES string of the molecule is Nc1ccc(Sc2ccc(S)cc2)cc1. The van der Waals surface area contributed by atoms with Gasteiger partial charge >= 0.3 is 0 Å². The van der Waals surface area contributed by atoms with E-state index in [9.17, 15) is 0 Å². The zero-order valence-corrected chi connectivity index (χ0v) is 9.76. The van der Waals surface area contributed by atoms with Crippen molar-refractivity contribution in [1.29, 1.82) is 0 Å². The van der Waals surface area contributed by atoms with Gasteiger partial charge in [0.1, 0.15) is 0 Å². The van der Waals surface area contributed by atoms with E-state index in [0.29, 0.717) is 0 Å². The molecule has 76 valence electrons. The number of thiol groups is 1. The number of rotatable bonds is 2. The van der Waals surface area contributed by atoms with Crippen molar-refractivity contribution in [2.24, 2.45) is 0 Å². The molecular weight excluding hydrogens is 222 g/mol. The first-order chi connectivity index (χ1) is 7.24. The molecule has 1 nitrogen and oxygen atoms in total. The van der Waals surface area contributed by atoms with Gasteiger partial charge in [-0.1, -0.05) is 11.8 Å². The number of hydrogen-bond donors (Lipinski definition) is 2. The second kappa shape index (κ2) is 4.64. The lowest BCUT2D eigenvalue weighted by atomic mass is 10.3. The second-order valence-electron chi connectivity index (χ2n) is 3.16. The quantitative estimate of drug-likeness (QED) is 0.611. The third kappa shape index (κ3) is 2.94. The molecule has 0 aliphatic heterocycles. The maximum Gasteiger partial charge on any atom is 0.0314 e. The fraction of sp³-hybridized carbons (Fsp3) is 0. The van der Waals surface area contributed by atoms with Crippen molar-refractivity contribution >= 4 is 30.1 Å². The minimum atomic E-state index is 0.796. The monoisotopic (exact) mass is 233 g/mol.